The molecule has 0 spiro atoms. The van der Waals surface area contributed by atoms with Gasteiger partial charge in [-0.2, -0.15) is 0 Å². The van der Waals surface area contributed by atoms with Crippen molar-refractivity contribution in [1.82, 2.24) is 0 Å². The molecule has 144 valence electrons. The fraction of sp³-hybridized carbons (Fsp3) is 0.250. The van der Waals surface area contributed by atoms with Crippen LogP contribution in [0.3, 0.4) is 0 Å². The highest BCUT2D eigenvalue weighted by Crippen LogP contribution is 2.21. The molecule has 27 heavy (non-hydrogen) atoms. The third-order valence-corrected chi connectivity index (χ3v) is 5.05. The number of sulfonamides is 1. The number of amides is 1. The van der Waals surface area contributed by atoms with Gasteiger partial charge in [0.1, 0.15) is 5.75 Å². The highest BCUT2D eigenvalue weighted by Gasteiger charge is 2.09. The van der Waals surface area contributed by atoms with Gasteiger partial charge in [0.05, 0.1) is 18.0 Å². The van der Waals surface area contributed by atoms with E-state index in [1.54, 1.807) is 38.1 Å². The summed E-state index contributed by atoms with van der Waals surface area (Å²) in [6, 6.07) is 12.4. The van der Waals surface area contributed by atoms with Crippen LogP contribution in [-0.4, -0.2) is 26.7 Å². The summed E-state index contributed by atoms with van der Waals surface area (Å²) in [5, 5.41) is 2.76. The zero-order valence-electron chi connectivity index (χ0n) is 15.7. The van der Waals surface area contributed by atoms with Gasteiger partial charge >= 0.3 is 0 Å². The largest absolute Gasteiger partial charge is 0.494 e. The summed E-state index contributed by atoms with van der Waals surface area (Å²) in [7, 11) is -3.33. The second-order valence-electron chi connectivity index (χ2n) is 5.86. The van der Waals surface area contributed by atoms with E-state index in [1.165, 1.54) is 6.08 Å². The molecule has 0 radical (unpaired) electrons. The summed E-state index contributed by atoms with van der Waals surface area (Å²) in [6.45, 7) is 5.88. The van der Waals surface area contributed by atoms with Crippen LogP contribution < -0.4 is 14.8 Å². The molecule has 0 saturated heterocycles. The molecule has 7 heteroatoms. The molecule has 0 unspecified atom stereocenters. The van der Waals surface area contributed by atoms with Crippen LogP contribution in [0.15, 0.2) is 48.5 Å². The third kappa shape index (κ3) is 6.45. The highest BCUT2D eigenvalue weighted by molar-refractivity contribution is 7.92. The van der Waals surface area contributed by atoms with Crippen molar-refractivity contribution in [3.63, 3.8) is 0 Å². The summed E-state index contributed by atoms with van der Waals surface area (Å²) in [4.78, 5) is 12.1. The van der Waals surface area contributed by atoms with Gasteiger partial charge in [-0.1, -0.05) is 12.1 Å². The molecular weight excluding hydrogens is 364 g/mol. The molecular formula is C20H24N2O4S. The average molecular weight is 388 g/mol. The first-order chi connectivity index (χ1) is 12.8. The van der Waals surface area contributed by atoms with Gasteiger partial charge in [-0.05, 0) is 68.3 Å². The second kappa shape index (κ2) is 9.23. The number of nitrogens with one attached hydrogen (secondary N) is 2. The van der Waals surface area contributed by atoms with E-state index in [4.69, 9.17) is 4.74 Å². The monoisotopic (exact) mass is 388 g/mol. The van der Waals surface area contributed by atoms with Crippen LogP contribution in [0.5, 0.6) is 5.75 Å². The molecule has 1 amide bonds. The Kier molecular flexibility index (Phi) is 7.01. The molecule has 0 aliphatic rings. The number of ether oxygens (including phenoxy) is 1. The Bertz CT molecular complexity index is 919. The van der Waals surface area contributed by atoms with E-state index in [0.717, 1.165) is 16.9 Å². The van der Waals surface area contributed by atoms with Gasteiger partial charge < -0.3 is 10.1 Å². The molecule has 0 aliphatic carbocycles. The molecule has 6 nitrogen and oxygen atoms in total. The predicted octanol–water partition coefficient (Wildman–Crippen LogP) is 3.81. The van der Waals surface area contributed by atoms with E-state index < -0.39 is 10.0 Å². The van der Waals surface area contributed by atoms with Crippen LogP contribution in [0, 0.1) is 6.92 Å². The fourth-order valence-corrected chi connectivity index (χ4v) is 3.00. The van der Waals surface area contributed by atoms with Crippen LogP contribution in [0.4, 0.5) is 11.4 Å². The molecule has 0 fully saturated rings. The molecule has 2 rings (SSSR count). The number of aryl methyl sites for hydroxylation is 1. The summed E-state index contributed by atoms with van der Waals surface area (Å²) < 4.78 is 31.2. The number of anilines is 2. The molecule has 0 aromatic heterocycles. The minimum atomic E-state index is -3.33. The Balaban J connectivity index is 2.00. The minimum Gasteiger partial charge on any atom is -0.494 e. The second-order valence-corrected chi connectivity index (χ2v) is 7.87. The van der Waals surface area contributed by atoms with Crippen molar-refractivity contribution < 1.29 is 17.9 Å². The van der Waals surface area contributed by atoms with Gasteiger partial charge in [-0.3, -0.25) is 9.52 Å². The zero-order chi connectivity index (χ0) is 19.9. The van der Waals surface area contributed by atoms with Gasteiger partial charge in [-0.25, -0.2) is 8.42 Å². The fourth-order valence-electron chi connectivity index (χ4n) is 2.29. The van der Waals surface area contributed by atoms with E-state index in [9.17, 15) is 13.2 Å². The van der Waals surface area contributed by atoms with Crippen molar-refractivity contribution in [2.24, 2.45) is 0 Å². The van der Waals surface area contributed by atoms with Crippen molar-refractivity contribution in [3.05, 3.63) is 59.7 Å². The molecule has 2 aromatic rings. The number of rotatable bonds is 8. The summed E-state index contributed by atoms with van der Waals surface area (Å²) >= 11 is 0. The quantitative estimate of drug-likeness (QED) is 0.674. The lowest BCUT2D eigenvalue weighted by Gasteiger charge is -2.11. The van der Waals surface area contributed by atoms with E-state index in [1.807, 2.05) is 31.2 Å². The first-order valence-corrected chi connectivity index (χ1v) is 10.3. The van der Waals surface area contributed by atoms with Crippen LogP contribution in [0.25, 0.3) is 6.08 Å². The number of hydrogen-bond acceptors (Lipinski definition) is 4. The van der Waals surface area contributed by atoms with Crippen molar-refractivity contribution in [2.75, 3.05) is 22.4 Å². The highest BCUT2D eigenvalue weighted by atomic mass is 32.2. The minimum absolute atomic E-state index is 0.00126. The smallest absolute Gasteiger partial charge is 0.248 e. The molecule has 0 bridgehead atoms. The van der Waals surface area contributed by atoms with Crippen LogP contribution in [0.1, 0.15) is 25.0 Å². The maximum absolute atomic E-state index is 12.1. The standard InChI is InChI=1S/C20H24N2O4S/c1-4-26-18-10-6-16(7-11-18)8-13-20(23)21-17-9-12-19(15(3)14-17)22-27(24,25)5-2/h6-14,22H,4-5H2,1-3H3,(H,21,23). The normalized spacial score (nSPS) is 11.4. The summed E-state index contributed by atoms with van der Waals surface area (Å²) in [6.07, 6.45) is 3.15. The first kappa shape index (κ1) is 20.5. The van der Waals surface area contributed by atoms with Crippen molar-refractivity contribution in [3.8, 4) is 5.75 Å². The first-order valence-electron chi connectivity index (χ1n) is 8.66. The SMILES string of the molecule is CCOc1ccc(C=CC(=O)Nc2ccc(NS(=O)(=O)CC)c(C)c2)cc1. The third-order valence-electron chi connectivity index (χ3n) is 3.76. The van der Waals surface area contributed by atoms with E-state index >= 15 is 0 Å². The molecule has 0 saturated carbocycles. The molecule has 2 N–H and O–H groups in total. The van der Waals surface area contributed by atoms with Gasteiger partial charge in [0, 0.05) is 11.8 Å². The predicted molar refractivity (Wildman–Crippen MR) is 110 cm³/mol. The Hall–Kier alpha value is -2.80. The summed E-state index contributed by atoms with van der Waals surface area (Å²) in [5.41, 5.74) is 2.70. The summed E-state index contributed by atoms with van der Waals surface area (Å²) in [5.74, 6) is 0.514. The molecule has 0 atom stereocenters. The van der Waals surface area contributed by atoms with Crippen LogP contribution >= 0.6 is 0 Å². The van der Waals surface area contributed by atoms with Crippen LogP contribution in [-0.2, 0) is 14.8 Å². The molecule has 2 aromatic carbocycles. The number of hydrogen-bond donors (Lipinski definition) is 2. The number of carbonyl (C=O) groups excluding carboxylic acids is 1. The lowest BCUT2D eigenvalue weighted by molar-refractivity contribution is -0.111. The Morgan fingerprint density at radius 3 is 2.41 bits per heavy atom. The molecule has 0 heterocycles. The maximum Gasteiger partial charge on any atom is 0.248 e. The van der Waals surface area contributed by atoms with Crippen molar-refractivity contribution in [1.29, 1.82) is 0 Å². The van der Waals surface area contributed by atoms with Crippen molar-refractivity contribution >= 4 is 33.4 Å². The maximum atomic E-state index is 12.1. The van der Waals surface area contributed by atoms with Gasteiger partial charge in [0.15, 0.2) is 0 Å². The Labute approximate surface area is 160 Å². The Morgan fingerprint density at radius 1 is 1.11 bits per heavy atom. The topological polar surface area (TPSA) is 84.5 Å². The lowest BCUT2D eigenvalue weighted by Crippen LogP contribution is -2.15. The number of benzene rings is 2. The van der Waals surface area contributed by atoms with E-state index in [2.05, 4.69) is 10.0 Å². The Morgan fingerprint density at radius 2 is 1.81 bits per heavy atom. The van der Waals surface area contributed by atoms with E-state index in [-0.39, 0.29) is 11.7 Å². The average Bonchev–Trinajstić information content (AvgIpc) is 2.64. The van der Waals surface area contributed by atoms with Crippen LogP contribution in [0.2, 0.25) is 0 Å². The van der Waals surface area contributed by atoms with Gasteiger partial charge in [-0.15, -0.1) is 0 Å². The van der Waals surface area contributed by atoms with Gasteiger partial charge in [0.2, 0.25) is 15.9 Å². The van der Waals surface area contributed by atoms with Crippen molar-refractivity contribution in [2.45, 2.75) is 20.8 Å². The van der Waals surface area contributed by atoms with Gasteiger partial charge in [0.25, 0.3) is 0 Å². The lowest BCUT2D eigenvalue weighted by atomic mass is 10.2. The van der Waals surface area contributed by atoms with E-state index in [0.29, 0.717) is 18.0 Å². The zero-order valence-corrected chi connectivity index (χ0v) is 16.5. The molecule has 0 aliphatic heterocycles. The number of carbonyl (C=O) groups is 1.